The van der Waals surface area contributed by atoms with E-state index in [4.69, 9.17) is 10.7 Å². The van der Waals surface area contributed by atoms with Crippen LogP contribution in [-0.4, -0.2) is 28.0 Å². The van der Waals surface area contributed by atoms with Gasteiger partial charge in [0.2, 0.25) is 0 Å². The molecule has 0 unspecified atom stereocenters. The molecule has 6 heteroatoms. The smallest absolute Gasteiger partial charge is 0.180 e. The number of anilines is 1. The first-order valence-electron chi connectivity index (χ1n) is 7.12. The summed E-state index contributed by atoms with van der Waals surface area (Å²) in [5.41, 5.74) is 7.77. The van der Waals surface area contributed by atoms with Crippen molar-refractivity contribution in [3.05, 3.63) is 16.1 Å². The Bertz CT molecular complexity index is 567. The van der Waals surface area contributed by atoms with Gasteiger partial charge in [-0.05, 0) is 32.9 Å². The molecule has 4 nitrogen and oxygen atoms in total. The van der Waals surface area contributed by atoms with Gasteiger partial charge in [0, 0.05) is 5.38 Å². The fraction of sp³-hybridized carbons (Fsp3) is 0.571. The summed E-state index contributed by atoms with van der Waals surface area (Å²) in [6, 6.07) is 0. The topological polar surface area (TPSA) is 55.0 Å². The van der Waals surface area contributed by atoms with Crippen LogP contribution in [0.2, 0.25) is 0 Å². The van der Waals surface area contributed by atoms with E-state index in [0.29, 0.717) is 5.13 Å². The van der Waals surface area contributed by atoms with E-state index in [9.17, 15) is 0 Å². The predicted octanol–water partition coefficient (Wildman–Crippen LogP) is 3.53. The molecule has 1 saturated heterocycles. The number of aryl methyl sites for hydroxylation is 1. The number of hydrogen-bond acceptors (Lipinski definition) is 6. The van der Waals surface area contributed by atoms with Crippen molar-refractivity contribution in [2.24, 2.45) is 0 Å². The van der Waals surface area contributed by atoms with Crippen LogP contribution in [0.15, 0.2) is 5.38 Å². The van der Waals surface area contributed by atoms with Crippen LogP contribution < -0.4 is 5.73 Å². The van der Waals surface area contributed by atoms with Gasteiger partial charge in [-0.1, -0.05) is 12.8 Å². The van der Waals surface area contributed by atoms with Crippen molar-refractivity contribution < 1.29 is 0 Å². The van der Waals surface area contributed by atoms with E-state index < -0.39 is 0 Å². The average molecular weight is 308 g/mol. The van der Waals surface area contributed by atoms with Crippen LogP contribution >= 0.6 is 22.7 Å². The van der Waals surface area contributed by atoms with Crippen molar-refractivity contribution in [3.63, 3.8) is 0 Å². The van der Waals surface area contributed by atoms with E-state index >= 15 is 0 Å². The maximum absolute atomic E-state index is 5.72. The molecule has 108 valence electrons. The fourth-order valence-corrected chi connectivity index (χ4v) is 4.33. The molecule has 20 heavy (non-hydrogen) atoms. The summed E-state index contributed by atoms with van der Waals surface area (Å²) < 4.78 is 0. The molecular weight excluding hydrogens is 288 g/mol. The van der Waals surface area contributed by atoms with Crippen molar-refractivity contribution in [3.8, 4) is 10.6 Å². The zero-order valence-electron chi connectivity index (χ0n) is 11.8. The van der Waals surface area contributed by atoms with Crippen LogP contribution in [0.5, 0.6) is 0 Å². The number of rotatable bonds is 3. The molecule has 1 aliphatic heterocycles. The van der Waals surface area contributed by atoms with Crippen molar-refractivity contribution >= 4 is 27.8 Å². The van der Waals surface area contributed by atoms with E-state index in [2.05, 4.69) is 16.8 Å². The highest BCUT2D eigenvalue weighted by molar-refractivity contribution is 7.16. The summed E-state index contributed by atoms with van der Waals surface area (Å²) >= 11 is 3.25. The van der Waals surface area contributed by atoms with E-state index in [0.717, 1.165) is 17.9 Å². The predicted molar refractivity (Wildman–Crippen MR) is 86.1 cm³/mol. The molecule has 0 radical (unpaired) electrons. The van der Waals surface area contributed by atoms with Gasteiger partial charge in [0.05, 0.1) is 22.8 Å². The zero-order chi connectivity index (χ0) is 13.9. The molecule has 0 bridgehead atoms. The largest absolute Gasteiger partial charge is 0.375 e. The third-order valence-corrected chi connectivity index (χ3v) is 5.49. The number of nitrogen functional groups attached to an aromatic ring is 1. The molecule has 2 aromatic heterocycles. The van der Waals surface area contributed by atoms with Crippen LogP contribution in [0.25, 0.3) is 10.6 Å². The third-order valence-electron chi connectivity index (χ3n) is 3.65. The van der Waals surface area contributed by atoms with Crippen molar-refractivity contribution in [1.82, 2.24) is 14.9 Å². The minimum Gasteiger partial charge on any atom is -0.375 e. The second-order valence-electron chi connectivity index (χ2n) is 5.28. The van der Waals surface area contributed by atoms with Crippen molar-refractivity contribution in [2.45, 2.75) is 39.2 Å². The fourth-order valence-electron chi connectivity index (χ4n) is 2.64. The lowest BCUT2D eigenvalue weighted by Gasteiger charge is -2.17. The van der Waals surface area contributed by atoms with Crippen LogP contribution in [0.3, 0.4) is 0 Å². The van der Waals surface area contributed by atoms with E-state index in [1.165, 1.54) is 60.0 Å². The van der Waals surface area contributed by atoms with Gasteiger partial charge in [-0.3, -0.25) is 4.90 Å². The molecule has 3 heterocycles. The Hall–Kier alpha value is -0.980. The summed E-state index contributed by atoms with van der Waals surface area (Å²) in [6.45, 7) is 5.45. The lowest BCUT2D eigenvalue weighted by atomic mass is 10.2. The minimum absolute atomic E-state index is 0.627. The minimum atomic E-state index is 0.627. The number of nitrogens with zero attached hydrogens (tertiary/aromatic N) is 3. The Morgan fingerprint density at radius 1 is 1.20 bits per heavy atom. The van der Waals surface area contributed by atoms with Crippen molar-refractivity contribution in [2.75, 3.05) is 18.8 Å². The summed E-state index contributed by atoms with van der Waals surface area (Å²) in [4.78, 5) is 12.8. The van der Waals surface area contributed by atoms with Gasteiger partial charge < -0.3 is 5.73 Å². The van der Waals surface area contributed by atoms with Gasteiger partial charge in [-0.25, -0.2) is 9.97 Å². The number of thiazole rings is 2. The van der Waals surface area contributed by atoms with Gasteiger partial charge in [-0.2, -0.15) is 0 Å². The quantitative estimate of drug-likeness (QED) is 0.942. The highest BCUT2D eigenvalue weighted by atomic mass is 32.1. The zero-order valence-corrected chi connectivity index (χ0v) is 13.4. The van der Waals surface area contributed by atoms with Crippen molar-refractivity contribution in [1.29, 1.82) is 0 Å². The maximum Gasteiger partial charge on any atom is 0.180 e. The molecule has 0 atom stereocenters. The molecular formula is C14H20N4S2. The average Bonchev–Trinajstić information content (AvgIpc) is 2.89. The normalized spacial score (nSPS) is 17.2. The summed E-state index contributed by atoms with van der Waals surface area (Å²) in [7, 11) is 0. The number of likely N-dealkylation sites (tertiary alicyclic amines) is 1. The second-order valence-corrected chi connectivity index (χ2v) is 7.26. The SMILES string of the molecule is Cc1nc(CN2CCCCCC2)sc1-c1csc(N)n1. The third kappa shape index (κ3) is 3.19. The Kier molecular flexibility index (Phi) is 4.33. The molecule has 0 saturated carbocycles. The molecule has 3 rings (SSSR count). The first kappa shape index (κ1) is 14.0. The molecule has 0 aliphatic carbocycles. The molecule has 2 aromatic rings. The molecule has 1 aliphatic rings. The molecule has 0 amide bonds. The van der Waals surface area contributed by atoms with Gasteiger partial charge in [0.1, 0.15) is 5.01 Å². The highest BCUT2D eigenvalue weighted by Gasteiger charge is 2.15. The summed E-state index contributed by atoms with van der Waals surface area (Å²) in [6.07, 6.45) is 5.38. The standard InChI is InChI=1S/C14H20N4S2/c1-10-13(11-9-19-14(15)17-11)20-12(16-10)8-18-6-4-2-3-5-7-18/h9H,2-8H2,1H3,(H2,15,17). The first-order valence-corrected chi connectivity index (χ1v) is 8.82. The Labute approximate surface area is 127 Å². The number of hydrogen-bond donors (Lipinski definition) is 1. The molecule has 1 fully saturated rings. The van der Waals surface area contributed by atoms with E-state index in [1.54, 1.807) is 11.3 Å². The Morgan fingerprint density at radius 2 is 1.95 bits per heavy atom. The highest BCUT2D eigenvalue weighted by Crippen LogP contribution is 2.32. The maximum atomic E-state index is 5.72. The molecule has 2 N–H and O–H groups in total. The Balaban J connectivity index is 1.74. The number of nitrogens with two attached hydrogens (primary N) is 1. The van der Waals surface area contributed by atoms with E-state index in [-0.39, 0.29) is 0 Å². The van der Waals surface area contributed by atoms with Crippen LogP contribution in [0.1, 0.15) is 36.4 Å². The monoisotopic (exact) mass is 308 g/mol. The van der Waals surface area contributed by atoms with Gasteiger partial charge >= 0.3 is 0 Å². The number of aromatic nitrogens is 2. The molecule has 0 spiro atoms. The van der Waals surface area contributed by atoms with Gasteiger partial charge in [-0.15, -0.1) is 22.7 Å². The van der Waals surface area contributed by atoms with Gasteiger partial charge in [0.15, 0.2) is 5.13 Å². The first-order chi connectivity index (χ1) is 9.72. The lowest BCUT2D eigenvalue weighted by Crippen LogP contribution is -2.23. The van der Waals surface area contributed by atoms with E-state index in [1.807, 2.05) is 5.38 Å². The lowest BCUT2D eigenvalue weighted by molar-refractivity contribution is 0.276. The summed E-state index contributed by atoms with van der Waals surface area (Å²) in [5.74, 6) is 0. The van der Waals surface area contributed by atoms with Gasteiger partial charge in [0.25, 0.3) is 0 Å². The second kappa shape index (κ2) is 6.20. The molecule has 0 aromatic carbocycles. The van der Waals surface area contributed by atoms with Crippen LogP contribution in [0, 0.1) is 6.92 Å². The van der Waals surface area contributed by atoms with Crippen LogP contribution in [-0.2, 0) is 6.54 Å². The Morgan fingerprint density at radius 3 is 2.60 bits per heavy atom. The summed E-state index contributed by atoms with van der Waals surface area (Å²) in [5, 5.41) is 3.85. The van der Waals surface area contributed by atoms with Crippen LogP contribution in [0.4, 0.5) is 5.13 Å².